The van der Waals surface area contributed by atoms with E-state index in [1.54, 1.807) is 23.0 Å². The summed E-state index contributed by atoms with van der Waals surface area (Å²) in [5, 5.41) is 17.1. The zero-order chi connectivity index (χ0) is 26.5. The molecule has 0 saturated carbocycles. The highest BCUT2D eigenvalue weighted by Gasteiger charge is 2.19. The second-order valence-electron chi connectivity index (χ2n) is 10.6. The largest absolute Gasteiger partial charge is 0.361 e. The molecule has 1 N–H and O–H groups in total. The summed E-state index contributed by atoms with van der Waals surface area (Å²) < 4.78 is 9.59. The van der Waals surface area contributed by atoms with Gasteiger partial charge in [0.15, 0.2) is 0 Å². The molecular weight excluding hydrogens is 492 g/mol. The highest BCUT2D eigenvalue weighted by Crippen LogP contribution is 2.24. The van der Waals surface area contributed by atoms with E-state index in [0.29, 0.717) is 36.2 Å². The number of ether oxygens (including phenoxy) is 1. The molecule has 1 unspecified atom stereocenters. The SMILES string of the molecule is CC(Cn1ccc(-c2ccc(C#N)c(Cl)c2)n1)NC(=O)c1cn(COCC[Si](C)(C)C)c(C(C)C)n1. The van der Waals surface area contributed by atoms with Gasteiger partial charge in [-0.05, 0) is 31.2 Å². The van der Waals surface area contributed by atoms with Gasteiger partial charge in [0.05, 0.1) is 22.8 Å². The van der Waals surface area contributed by atoms with E-state index in [4.69, 9.17) is 21.6 Å². The molecule has 2 aromatic heterocycles. The van der Waals surface area contributed by atoms with E-state index in [-0.39, 0.29) is 17.9 Å². The average Bonchev–Trinajstić information content (AvgIpc) is 3.43. The lowest BCUT2D eigenvalue weighted by molar-refractivity contribution is 0.0844. The third-order valence-electron chi connectivity index (χ3n) is 5.65. The highest BCUT2D eigenvalue weighted by molar-refractivity contribution is 6.76. The Balaban J connectivity index is 1.60. The van der Waals surface area contributed by atoms with Crippen LogP contribution < -0.4 is 5.32 Å². The van der Waals surface area contributed by atoms with Crippen LogP contribution in [0.15, 0.2) is 36.7 Å². The van der Waals surface area contributed by atoms with Crippen molar-refractivity contribution in [1.29, 1.82) is 5.26 Å². The van der Waals surface area contributed by atoms with Crippen molar-refractivity contribution in [2.75, 3.05) is 6.61 Å². The Labute approximate surface area is 219 Å². The van der Waals surface area contributed by atoms with E-state index in [1.807, 2.05) is 29.8 Å². The van der Waals surface area contributed by atoms with Crippen LogP contribution in [0.3, 0.4) is 0 Å². The van der Waals surface area contributed by atoms with E-state index < -0.39 is 8.07 Å². The molecule has 192 valence electrons. The Morgan fingerprint density at radius 3 is 2.64 bits per heavy atom. The predicted octanol–water partition coefficient (Wildman–Crippen LogP) is 5.53. The maximum atomic E-state index is 12.9. The molecule has 2 heterocycles. The maximum absolute atomic E-state index is 12.9. The lowest BCUT2D eigenvalue weighted by Gasteiger charge is -2.16. The number of rotatable bonds is 11. The second-order valence-corrected chi connectivity index (χ2v) is 16.6. The summed E-state index contributed by atoms with van der Waals surface area (Å²) in [4.78, 5) is 17.5. The summed E-state index contributed by atoms with van der Waals surface area (Å²) in [6, 6.07) is 10.1. The molecule has 0 bridgehead atoms. The topological polar surface area (TPSA) is 97.8 Å². The molecule has 1 amide bonds. The van der Waals surface area contributed by atoms with Gasteiger partial charge in [0, 0.05) is 44.6 Å². The van der Waals surface area contributed by atoms with Crippen molar-refractivity contribution >= 4 is 25.6 Å². The molecule has 0 spiro atoms. The number of imidazole rings is 1. The zero-order valence-corrected chi connectivity index (χ0v) is 23.6. The lowest BCUT2D eigenvalue weighted by Crippen LogP contribution is -2.36. The lowest BCUT2D eigenvalue weighted by atomic mass is 10.1. The number of hydrogen-bond acceptors (Lipinski definition) is 5. The van der Waals surface area contributed by atoms with Crippen molar-refractivity contribution in [2.24, 2.45) is 0 Å². The molecule has 0 aliphatic rings. The summed E-state index contributed by atoms with van der Waals surface area (Å²) in [5.41, 5.74) is 2.38. The number of nitriles is 1. The van der Waals surface area contributed by atoms with Crippen LogP contribution in [0.1, 0.15) is 48.6 Å². The molecule has 0 aliphatic carbocycles. The molecule has 0 saturated heterocycles. The number of benzene rings is 1. The molecule has 0 radical (unpaired) electrons. The van der Waals surface area contributed by atoms with Crippen molar-refractivity contribution in [1.82, 2.24) is 24.6 Å². The number of carbonyl (C=O) groups excluding carboxylic acids is 1. The van der Waals surface area contributed by atoms with Gasteiger partial charge >= 0.3 is 0 Å². The number of amides is 1. The molecule has 36 heavy (non-hydrogen) atoms. The standard InChI is InChI=1S/C26H35ClN6O2Si/c1-18(2)25-30-24(16-32(25)17-35-11-12-36(4,5)6)26(34)29-19(3)15-33-10-9-23(31-33)20-7-8-21(14-28)22(27)13-20/h7-10,13,16,18-19H,11-12,15,17H2,1-6H3,(H,29,34). The van der Waals surface area contributed by atoms with Crippen LogP contribution >= 0.6 is 11.6 Å². The van der Waals surface area contributed by atoms with Crippen LogP contribution in [0.5, 0.6) is 0 Å². The van der Waals surface area contributed by atoms with Crippen LogP contribution in [0, 0.1) is 11.3 Å². The number of carbonyl (C=O) groups is 1. The van der Waals surface area contributed by atoms with Crippen LogP contribution in [-0.4, -0.2) is 46.0 Å². The minimum absolute atomic E-state index is 0.169. The van der Waals surface area contributed by atoms with Crippen LogP contribution in [0.4, 0.5) is 0 Å². The van der Waals surface area contributed by atoms with Crippen molar-refractivity contribution in [3.05, 3.63) is 58.8 Å². The molecule has 3 rings (SSSR count). The second kappa shape index (κ2) is 11.9. The Bertz CT molecular complexity index is 1240. The number of nitrogens with one attached hydrogen (secondary N) is 1. The van der Waals surface area contributed by atoms with E-state index in [0.717, 1.165) is 23.1 Å². The van der Waals surface area contributed by atoms with Gasteiger partial charge in [0.1, 0.15) is 24.3 Å². The van der Waals surface area contributed by atoms with E-state index in [2.05, 4.69) is 55.0 Å². The molecule has 0 aliphatic heterocycles. The molecule has 1 atom stereocenters. The van der Waals surface area contributed by atoms with E-state index in [1.165, 1.54) is 0 Å². The van der Waals surface area contributed by atoms with Gasteiger partial charge in [0.2, 0.25) is 0 Å². The van der Waals surface area contributed by atoms with Crippen LogP contribution in [0.25, 0.3) is 11.3 Å². The number of hydrogen-bond donors (Lipinski definition) is 1. The summed E-state index contributed by atoms with van der Waals surface area (Å²) in [6.45, 7) is 14.6. The smallest absolute Gasteiger partial charge is 0.271 e. The third-order valence-corrected chi connectivity index (χ3v) is 7.66. The first-order valence-electron chi connectivity index (χ1n) is 12.2. The van der Waals surface area contributed by atoms with Gasteiger partial charge in [-0.1, -0.05) is 51.2 Å². The van der Waals surface area contributed by atoms with Crippen LogP contribution in [-0.2, 0) is 18.0 Å². The van der Waals surface area contributed by atoms with E-state index in [9.17, 15) is 4.79 Å². The molecule has 8 nitrogen and oxygen atoms in total. The maximum Gasteiger partial charge on any atom is 0.271 e. The molecule has 10 heteroatoms. The summed E-state index contributed by atoms with van der Waals surface area (Å²) in [5.74, 6) is 0.776. The number of nitrogens with zero attached hydrogens (tertiary/aromatic N) is 5. The quantitative estimate of drug-likeness (QED) is 0.262. The molecule has 1 aromatic carbocycles. The monoisotopic (exact) mass is 526 g/mol. The van der Waals surface area contributed by atoms with Crippen LogP contribution in [0.2, 0.25) is 30.7 Å². The Morgan fingerprint density at radius 1 is 1.25 bits per heavy atom. The van der Waals surface area contributed by atoms with Gasteiger partial charge in [-0.3, -0.25) is 9.48 Å². The summed E-state index contributed by atoms with van der Waals surface area (Å²) >= 11 is 6.15. The fraction of sp³-hybridized carbons (Fsp3) is 0.462. The predicted molar refractivity (Wildman–Crippen MR) is 145 cm³/mol. The molecule has 3 aromatic rings. The van der Waals surface area contributed by atoms with Gasteiger partial charge < -0.3 is 14.6 Å². The van der Waals surface area contributed by atoms with Gasteiger partial charge in [-0.15, -0.1) is 0 Å². The van der Waals surface area contributed by atoms with Gasteiger partial charge in [-0.2, -0.15) is 10.4 Å². The van der Waals surface area contributed by atoms with Crippen molar-refractivity contribution in [3.8, 4) is 17.3 Å². The first kappa shape index (κ1) is 27.7. The molecule has 0 fully saturated rings. The third kappa shape index (κ3) is 7.53. The Kier molecular flexibility index (Phi) is 9.12. The fourth-order valence-corrected chi connectivity index (χ4v) is 4.63. The first-order valence-corrected chi connectivity index (χ1v) is 16.2. The minimum Gasteiger partial charge on any atom is -0.361 e. The van der Waals surface area contributed by atoms with E-state index >= 15 is 0 Å². The Morgan fingerprint density at radius 2 is 2.00 bits per heavy atom. The first-order chi connectivity index (χ1) is 17.0. The normalized spacial score (nSPS) is 12.5. The zero-order valence-electron chi connectivity index (χ0n) is 21.9. The number of aromatic nitrogens is 4. The highest BCUT2D eigenvalue weighted by atomic mass is 35.5. The Hall–Kier alpha value is -2.93. The van der Waals surface area contributed by atoms with Gasteiger partial charge in [0.25, 0.3) is 5.91 Å². The average molecular weight is 527 g/mol. The van der Waals surface area contributed by atoms with Crippen molar-refractivity contribution in [2.45, 2.75) is 71.7 Å². The minimum atomic E-state index is -1.16. The fourth-order valence-electron chi connectivity index (χ4n) is 3.65. The molecular formula is C26H35ClN6O2Si. The van der Waals surface area contributed by atoms with Gasteiger partial charge in [-0.25, -0.2) is 4.98 Å². The van der Waals surface area contributed by atoms with Crippen molar-refractivity contribution < 1.29 is 9.53 Å². The van der Waals surface area contributed by atoms with Crippen molar-refractivity contribution in [3.63, 3.8) is 0 Å². The number of halogens is 1. The summed E-state index contributed by atoms with van der Waals surface area (Å²) in [6.07, 6.45) is 3.63. The summed E-state index contributed by atoms with van der Waals surface area (Å²) in [7, 11) is -1.16.